The lowest BCUT2D eigenvalue weighted by Crippen LogP contribution is -2.38. The molecular weight excluding hydrogens is 376 g/mol. The highest BCUT2D eigenvalue weighted by Crippen LogP contribution is 2.35. The summed E-state index contributed by atoms with van der Waals surface area (Å²) >= 11 is 0. The van der Waals surface area contributed by atoms with Crippen molar-refractivity contribution < 1.29 is 13.2 Å². The highest BCUT2D eigenvalue weighted by Gasteiger charge is 2.34. The number of aromatic nitrogens is 2. The zero-order valence-corrected chi connectivity index (χ0v) is 17.0. The normalized spacial score (nSPS) is 18.2. The maximum atomic E-state index is 13.4. The first kappa shape index (κ1) is 18.9. The summed E-state index contributed by atoms with van der Waals surface area (Å²) in [6.07, 6.45) is 4.36. The number of hydrogen-bond donors (Lipinski definition) is 1. The molecule has 0 saturated carbocycles. The van der Waals surface area contributed by atoms with Gasteiger partial charge in [0.2, 0.25) is 10.0 Å². The number of hydrogen-bond acceptors (Lipinski definition) is 5. The molecule has 8 heteroatoms. The highest BCUT2D eigenvalue weighted by molar-refractivity contribution is 7.89. The van der Waals surface area contributed by atoms with Crippen molar-refractivity contribution in [2.45, 2.75) is 17.4 Å². The van der Waals surface area contributed by atoms with E-state index in [1.165, 1.54) is 11.4 Å². The number of pyridine rings is 1. The summed E-state index contributed by atoms with van der Waals surface area (Å²) in [6.45, 7) is 1.62. The molecule has 4 rings (SSSR count). The number of nitrogens with one attached hydrogen (secondary N) is 1. The van der Waals surface area contributed by atoms with Gasteiger partial charge in [0.1, 0.15) is 16.3 Å². The van der Waals surface area contributed by atoms with Crippen LogP contribution in [0, 0.1) is 0 Å². The zero-order chi connectivity index (χ0) is 19.9. The van der Waals surface area contributed by atoms with Gasteiger partial charge >= 0.3 is 0 Å². The number of nitrogens with zero attached hydrogens (tertiary/aromatic N) is 3. The molecule has 148 valence electrons. The molecule has 7 nitrogen and oxygen atoms in total. The monoisotopic (exact) mass is 400 g/mol. The number of sulfonamides is 1. The molecule has 28 heavy (non-hydrogen) atoms. The number of aromatic amines is 1. The van der Waals surface area contributed by atoms with Crippen LogP contribution >= 0.6 is 0 Å². The van der Waals surface area contributed by atoms with Gasteiger partial charge in [0.05, 0.1) is 7.11 Å². The van der Waals surface area contributed by atoms with E-state index in [1.807, 2.05) is 31.4 Å². The summed E-state index contributed by atoms with van der Waals surface area (Å²) in [5.41, 5.74) is 2.50. The molecule has 0 spiro atoms. The Kier molecular flexibility index (Phi) is 4.86. The first-order chi connectivity index (χ1) is 13.4. The van der Waals surface area contributed by atoms with E-state index in [1.54, 1.807) is 25.4 Å². The third-order valence-electron chi connectivity index (χ3n) is 5.47. The van der Waals surface area contributed by atoms with E-state index < -0.39 is 10.0 Å². The lowest BCUT2D eigenvalue weighted by molar-refractivity contribution is 0.343. The fourth-order valence-corrected chi connectivity index (χ4v) is 5.37. The number of fused-ring (bicyclic) bond motifs is 1. The first-order valence-electron chi connectivity index (χ1n) is 9.19. The van der Waals surface area contributed by atoms with Crippen LogP contribution in [-0.2, 0) is 10.0 Å². The molecular formula is C20H24N4O3S. The second-order valence-corrected chi connectivity index (χ2v) is 9.16. The van der Waals surface area contributed by atoms with Gasteiger partial charge in [-0.25, -0.2) is 13.4 Å². The highest BCUT2D eigenvalue weighted by atomic mass is 32.2. The molecule has 3 heterocycles. The molecule has 0 aliphatic carbocycles. The lowest BCUT2D eigenvalue weighted by Gasteiger charge is -2.25. The van der Waals surface area contributed by atoms with Crippen molar-refractivity contribution in [1.82, 2.24) is 19.2 Å². The van der Waals surface area contributed by atoms with E-state index in [4.69, 9.17) is 4.74 Å². The van der Waals surface area contributed by atoms with Gasteiger partial charge in [-0.1, -0.05) is 6.07 Å². The Balaban J connectivity index is 1.80. The molecule has 1 fully saturated rings. The molecule has 0 amide bonds. The molecule has 3 aromatic rings. The predicted octanol–water partition coefficient (Wildman–Crippen LogP) is 2.56. The number of likely N-dealkylation sites (N-methyl/N-ethyl adjacent to an activating group) is 2. The van der Waals surface area contributed by atoms with E-state index in [2.05, 4.69) is 14.9 Å². The summed E-state index contributed by atoms with van der Waals surface area (Å²) in [7, 11) is 1.46. The Morgan fingerprint density at radius 3 is 2.82 bits per heavy atom. The van der Waals surface area contributed by atoms with Gasteiger partial charge in [0, 0.05) is 37.4 Å². The van der Waals surface area contributed by atoms with Gasteiger partial charge in [0.25, 0.3) is 0 Å². The average molecular weight is 401 g/mol. The van der Waals surface area contributed by atoms with Crippen LogP contribution in [0.2, 0.25) is 0 Å². The quantitative estimate of drug-likeness (QED) is 0.712. The molecule has 1 saturated heterocycles. The number of benzene rings is 1. The Morgan fingerprint density at radius 2 is 2.11 bits per heavy atom. The van der Waals surface area contributed by atoms with Gasteiger partial charge in [-0.2, -0.15) is 4.31 Å². The van der Waals surface area contributed by atoms with Gasteiger partial charge in [-0.15, -0.1) is 0 Å². The van der Waals surface area contributed by atoms with E-state index in [9.17, 15) is 8.42 Å². The first-order valence-corrected chi connectivity index (χ1v) is 10.6. The predicted molar refractivity (Wildman–Crippen MR) is 109 cm³/mol. The fourth-order valence-electron chi connectivity index (χ4n) is 3.82. The van der Waals surface area contributed by atoms with Crippen LogP contribution in [0.15, 0.2) is 47.6 Å². The Labute approximate surface area is 165 Å². The second-order valence-electron chi connectivity index (χ2n) is 7.19. The summed E-state index contributed by atoms with van der Waals surface area (Å²) < 4.78 is 33.7. The minimum Gasteiger partial charge on any atom is -0.495 e. The third kappa shape index (κ3) is 3.17. The van der Waals surface area contributed by atoms with Crippen molar-refractivity contribution in [3.8, 4) is 16.9 Å². The van der Waals surface area contributed by atoms with Crippen LogP contribution in [0.4, 0.5) is 0 Å². The molecule has 1 atom stereocenters. The van der Waals surface area contributed by atoms with Crippen molar-refractivity contribution in [3.05, 3.63) is 42.7 Å². The summed E-state index contributed by atoms with van der Waals surface area (Å²) in [4.78, 5) is 9.73. The smallest absolute Gasteiger partial charge is 0.246 e. The minimum atomic E-state index is -3.70. The number of rotatable bonds is 5. The van der Waals surface area contributed by atoms with Crippen LogP contribution in [0.1, 0.15) is 6.42 Å². The molecule has 0 radical (unpaired) electrons. The van der Waals surface area contributed by atoms with Crippen molar-refractivity contribution in [3.63, 3.8) is 0 Å². The molecule has 1 unspecified atom stereocenters. The Morgan fingerprint density at radius 1 is 1.29 bits per heavy atom. The lowest BCUT2D eigenvalue weighted by atomic mass is 10.0. The summed E-state index contributed by atoms with van der Waals surface area (Å²) in [6, 6.07) is 9.09. The molecule has 1 aliphatic rings. The van der Waals surface area contributed by atoms with E-state index in [-0.39, 0.29) is 10.9 Å². The minimum absolute atomic E-state index is 0.0410. The maximum Gasteiger partial charge on any atom is 0.246 e. The van der Waals surface area contributed by atoms with Crippen LogP contribution in [0.25, 0.3) is 22.2 Å². The average Bonchev–Trinajstić information content (AvgIpc) is 3.35. The number of ether oxygens (including phenoxy) is 1. The standard InChI is InChI=1S/C20H24N4O3S/c1-23-11-8-15(13-23)24(2)28(25,26)19-12-14(4-5-18(19)27-3)16-6-9-21-20-17(16)7-10-22-20/h4-7,9-10,12,15H,8,11,13H2,1-3H3,(H,21,22). The van der Waals surface area contributed by atoms with Gasteiger partial charge in [-0.3, -0.25) is 0 Å². The number of likely N-dealkylation sites (tertiary alicyclic amines) is 1. The van der Waals surface area contributed by atoms with Gasteiger partial charge in [-0.05, 0) is 55.4 Å². The van der Waals surface area contributed by atoms with Gasteiger partial charge < -0.3 is 14.6 Å². The topological polar surface area (TPSA) is 78.5 Å². The van der Waals surface area contributed by atoms with Crippen LogP contribution in [0.5, 0.6) is 5.75 Å². The SMILES string of the molecule is COc1ccc(-c2ccnc3[nH]ccc23)cc1S(=O)(=O)N(C)C1CCN(C)C1. The Hall–Kier alpha value is -2.42. The van der Waals surface area contributed by atoms with E-state index in [0.717, 1.165) is 41.7 Å². The van der Waals surface area contributed by atoms with Crippen molar-refractivity contribution in [2.75, 3.05) is 34.3 Å². The Bertz CT molecular complexity index is 1110. The molecule has 1 N–H and O–H groups in total. The van der Waals surface area contributed by atoms with Crippen LogP contribution < -0.4 is 4.74 Å². The van der Waals surface area contributed by atoms with E-state index >= 15 is 0 Å². The number of methoxy groups -OCH3 is 1. The molecule has 2 aromatic heterocycles. The molecule has 1 aromatic carbocycles. The molecule has 1 aliphatic heterocycles. The van der Waals surface area contributed by atoms with Crippen molar-refractivity contribution in [2.24, 2.45) is 0 Å². The van der Waals surface area contributed by atoms with Crippen LogP contribution in [-0.4, -0.2) is 67.9 Å². The van der Waals surface area contributed by atoms with Crippen molar-refractivity contribution >= 4 is 21.1 Å². The largest absolute Gasteiger partial charge is 0.495 e. The van der Waals surface area contributed by atoms with E-state index in [0.29, 0.717) is 5.75 Å². The maximum absolute atomic E-state index is 13.4. The summed E-state index contributed by atoms with van der Waals surface area (Å²) in [5.74, 6) is 0.348. The third-order valence-corrected chi connectivity index (χ3v) is 7.40. The van der Waals surface area contributed by atoms with Crippen LogP contribution in [0.3, 0.4) is 0 Å². The molecule has 0 bridgehead atoms. The summed E-state index contributed by atoms with van der Waals surface area (Å²) in [5, 5.41) is 0.946. The van der Waals surface area contributed by atoms with Gasteiger partial charge in [0.15, 0.2) is 0 Å². The zero-order valence-electron chi connectivity index (χ0n) is 16.2. The van der Waals surface area contributed by atoms with Crippen molar-refractivity contribution in [1.29, 1.82) is 0 Å². The number of H-pyrrole nitrogens is 1. The fraction of sp³-hybridized carbons (Fsp3) is 0.350. The second kappa shape index (κ2) is 7.20.